The molecule has 0 aromatic carbocycles. The maximum absolute atomic E-state index is 11.9. The van der Waals surface area contributed by atoms with Crippen LogP contribution in [0.1, 0.15) is 33.6 Å². The molecule has 92 valence electrons. The molecule has 2 aliphatic heterocycles. The lowest BCUT2D eigenvalue weighted by atomic mass is 9.93. The summed E-state index contributed by atoms with van der Waals surface area (Å²) in [6, 6.07) is 0.487. The Kier molecular flexibility index (Phi) is 3.10. The van der Waals surface area contributed by atoms with Crippen LogP contribution in [0.25, 0.3) is 0 Å². The van der Waals surface area contributed by atoms with Crippen molar-refractivity contribution < 1.29 is 9.53 Å². The van der Waals surface area contributed by atoms with Crippen LogP contribution in [0.5, 0.6) is 0 Å². The van der Waals surface area contributed by atoms with Gasteiger partial charge in [-0.3, -0.25) is 0 Å². The Bertz CT molecular complexity index is 273. The van der Waals surface area contributed by atoms with Crippen LogP contribution in [0.3, 0.4) is 0 Å². The van der Waals surface area contributed by atoms with Crippen LogP contribution in [0, 0.1) is 5.92 Å². The van der Waals surface area contributed by atoms with Gasteiger partial charge in [-0.1, -0.05) is 0 Å². The van der Waals surface area contributed by atoms with Crippen molar-refractivity contribution in [1.82, 2.24) is 10.2 Å². The average molecular weight is 226 g/mol. The molecule has 0 aliphatic carbocycles. The molecule has 16 heavy (non-hydrogen) atoms. The number of likely N-dealkylation sites (tertiary alicyclic amines) is 1. The Morgan fingerprint density at radius 1 is 1.38 bits per heavy atom. The molecule has 2 fully saturated rings. The normalized spacial score (nSPS) is 30.1. The maximum atomic E-state index is 11.9. The minimum Gasteiger partial charge on any atom is -0.444 e. The Labute approximate surface area is 97.3 Å². The lowest BCUT2D eigenvalue weighted by Gasteiger charge is -2.35. The van der Waals surface area contributed by atoms with E-state index < -0.39 is 5.60 Å². The number of fused-ring (bicyclic) bond motifs is 1. The van der Waals surface area contributed by atoms with Crippen LogP contribution in [-0.2, 0) is 4.74 Å². The molecule has 4 nitrogen and oxygen atoms in total. The zero-order valence-corrected chi connectivity index (χ0v) is 10.5. The molecule has 2 rings (SSSR count). The first kappa shape index (κ1) is 11.7. The van der Waals surface area contributed by atoms with E-state index in [-0.39, 0.29) is 6.09 Å². The quantitative estimate of drug-likeness (QED) is 0.682. The highest BCUT2D eigenvalue weighted by atomic mass is 16.6. The molecule has 4 heteroatoms. The third-order valence-corrected chi connectivity index (χ3v) is 3.33. The number of hydrogen-bond donors (Lipinski definition) is 1. The average Bonchev–Trinajstić information content (AvgIpc) is 2.61. The van der Waals surface area contributed by atoms with Crippen molar-refractivity contribution in [1.29, 1.82) is 0 Å². The number of hydrogen-bond acceptors (Lipinski definition) is 3. The van der Waals surface area contributed by atoms with Crippen molar-refractivity contribution in [2.24, 2.45) is 5.92 Å². The fraction of sp³-hybridized carbons (Fsp3) is 0.917. The molecule has 0 radical (unpaired) electrons. The first-order chi connectivity index (χ1) is 7.46. The zero-order chi connectivity index (χ0) is 11.8. The Morgan fingerprint density at radius 2 is 2.12 bits per heavy atom. The summed E-state index contributed by atoms with van der Waals surface area (Å²) in [4.78, 5) is 13.7. The number of amides is 1. The van der Waals surface area contributed by atoms with E-state index >= 15 is 0 Å². The van der Waals surface area contributed by atoms with E-state index in [1.807, 2.05) is 25.7 Å². The topological polar surface area (TPSA) is 41.6 Å². The summed E-state index contributed by atoms with van der Waals surface area (Å²) in [5, 5.41) is 3.46. The van der Waals surface area contributed by atoms with Gasteiger partial charge in [0.1, 0.15) is 5.60 Å². The number of nitrogens with one attached hydrogen (secondary N) is 1. The maximum Gasteiger partial charge on any atom is 0.410 e. The Balaban J connectivity index is 1.89. The van der Waals surface area contributed by atoms with Gasteiger partial charge in [-0.2, -0.15) is 0 Å². The van der Waals surface area contributed by atoms with Crippen molar-refractivity contribution in [3.05, 3.63) is 0 Å². The predicted molar refractivity (Wildman–Crippen MR) is 62.3 cm³/mol. The van der Waals surface area contributed by atoms with Crippen molar-refractivity contribution in [2.75, 3.05) is 19.6 Å². The smallest absolute Gasteiger partial charge is 0.410 e. The van der Waals surface area contributed by atoms with E-state index in [0.29, 0.717) is 6.04 Å². The van der Waals surface area contributed by atoms with Gasteiger partial charge >= 0.3 is 6.09 Å². The van der Waals surface area contributed by atoms with Gasteiger partial charge in [0.05, 0.1) is 0 Å². The van der Waals surface area contributed by atoms with Gasteiger partial charge < -0.3 is 15.0 Å². The second kappa shape index (κ2) is 4.24. The number of piperidine rings is 1. The lowest BCUT2D eigenvalue weighted by molar-refractivity contribution is 0.0164. The van der Waals surface area contributed by atoms with Crippen LogP contribution in [0.2, 0.25) is 0 Å². The van der Waals surface area contributed by atoms with E-state index in [1.54, 1.807) is 0 Å². The summed E-state index contributed by atoms with van der Waals surface area (Å²) in [7, 11) is 0. The summed E-state index contributed by atoms with van der Waals surface area (Å²) in [6.07, 6.45) is 2.20. The lowest BCUT2D eigenvalue weighted by Crippen LogP contribution is -2.50. The minimum atomic E-state index is -0.392. The Hall–Kier alpha value is -0.770. The van der Waals surface area contributed by atoms with E-state index in [2.05, 4.69) is 5.32 Å². The van der Waals surface area contributed by atoms with E-state index in [9.17, 15) is 4.79 Å². The van der Waals surface area contributed by atoms with Gasteiger partial charge in [-0.05, 0) is 46.1 Å². The van der Waals surface area contributed by atoms with Crippen LogP contribution in [-0.4, -0.2) is 42.3 Å². The third-order valence-electron chi connectivity index (χ3n) is 3.33. The summed E-state index contributed by atoms with van der Waals surface area (Å²) >= 11 is 0. The molecular weight excluding hydrogens is 204 g/mol. The van der Waals surface area contributed by atoms with Crippen molar-refractivity contribution in [3.8, 4) is 0 Å². The molecule has 0 aromatic heterocycles. The van der Waals surface area contributed by atoms with E-state index in [1.165, 1.54) is 6.42 Å². The Morgan fingerprint density at radius 3 is 2.81 bits per heavy atom. The first-order valence-corrected chi connectivity index (χ1v) is 6.17. The molecule has 0 saturated carbocycles. The molecule has 2 saturated heterocycles. The van der Waals surface area contributed by atoms with Gasteiger partial charge in [0, 0.05) is 19.1 Å². The number of carbonyl (C=O) groups excluding carboxylic acids is 1. The fourth-order valence-corrected chi connectivity index (χ4v) is 2.52. The monoisotopic (exact) mass is 226 g/mol. The minimum absolute atomic E-state index is 0.167. The van der Waals surface area contributed by atoms with Gasteiger partial charge in [0.2, 0.25) is 0 Å². The van der Waals surface area contributed by atoms with Crippen LogP contribution < -0.4 is 5.32 Å². The van der Waals surface area contributed by atoms with Crippen LogP contribution >= 0.6 is 0 Å². The molecule has 2 heterocycles. The molecule has 2 aliphatic rings. The number of rotatable bonds is 0. The van der Waals surface area contributed by atoms with E-state index in [4.69, 9.17) is 4.74 Å². The summed E-state index contributed by atoms with van der Waals surface area (Å²) in [6.45, 7) is 8.47. The first-order valence-electron chi connectivity index (χ1n) is 6.17. The highest BCUT2D eigenvalue weighted by molar-refractivity contribution is 5.68. The number of ether oxygens (including phenoxy) is 1. The molecule has 0 aromatic rings. The molecule has 2 atom stereocenters. The summed E-state index contributed by atoms with van der Waals surface area (Å²) < 4.78 is 5.38. The molecule has 0 spiro atoms. The highest BCUT2D eigenvalue weighted by Gasteiger charge is 2.35. The predicted octanol–water partition coefficient (Wildman–Crippen LogP) is 1.61. The van der Waals surface area contributed by atoms with Crippen molar-refractivity contribution in [3.63, 3.8) is 0 Å². The summed E-state index contributed by atoms with van der Waals surface area (Å²) in [5.41, 5.74) is -0.392. The van der Waals surface area contributed by atoms with Crippen LogP contribution in [0.15, 0.2) is 0 Å². The molecule has 1 amide bonds. The molecular formula is C12H22N2O2. The van der Waals surface area contributed by atoms with E-state index in [0.717, 1.165) is 32.0 Å². The zero-order valence-electron chi connectivity index (χ0n) is 10.5. The van der Waals surface area contributed by atoms with Gasteiger partial charge in [0.25, 0.3) is 0 Å². The SMILES string of the molecule is CC(C)(C)OC(=O)N1CC[C@H]2CCN[C@H]2C1. The van der Waals surface area contributed by atoms with Crippen molar-refractivity contribution in [2.45, 2.75) is 45.3 Å². The standard InChI is InChI=1S/C12H22N2O2/c1-12(2,3)16-11(15)14-7-5-9-4-6-13-10(9)8-14/h9-10,13H,4-8H2,1-3H3/t9-,10+/m1/s1. The fourth-order valence-electron chi connectivity index (χ4n) is 2.52. The third kappa shape index (κ3) is 2.67. The molecule has 1 N–H and O–H groups in total. The van der Waals surface area contributed by atoms with Gasteiger partial charge in [-0.15, -0.1) is 0 Å². The largest absolute Gasteiger partial charge is 0.444 e. The van der Waals surface area contributed by atoms with Crippen molar-refractivity contribution >= 4 is 6.09 Å². The summed E-state index contributed by atoms with van der Waals surface area (Å²) in [5.74, 6) is 0.763. The second-order valence-corrected chi connectivity index (χ2v) is 5.82. The second-order valence-electron chi connectivity index (χ2n) is 5.82. The van der Waals surface area contributed by atoms with Gasteiger partial charge in [-0.25, -0.2) is 4.79 Å². The molecule has 0 bridgehead atoms. The number of nitrogens with zero attached hydrogens (tertiary/aromatic N) is 1. The van der Waals surface area contributed by atoms with Crippen LogP contribution in [0.4, 0.5) is 4.79 Å². The highest BCUT2D eigenvalue weighted by Crippen LogP contribution is 2.25. The number of carbonyl (C=O) groups is 1. The van der Waals surface area contributed by atoms with Gasteiger partial charge in [0.15, 0.2) is 0 Å². The molecule has 0 unspecified atom stereocenters.